The maximum Gasteiger partial charge on any atom is 0.338 e. The van der Waals surface area contributed by atoms with Crippen LogP contribution < -0.4 is 0 Å². The van der Waals surface area contributed by atoms with Gasteiger partial charge in [-0.05, 0) is 43.7 Å². The van der Waals surface area contributed by atoms with Gasteiger partial charge in [-0.3, -0.25) is 0 Å². The molecule has 29 heavy (non-hydrogen) atoms. The summed E-state index contributed by atoms with van der Waals surface area (Å²) in [6.45, 7) is 3.60. The van der Waals surface area contributed by atoms with E-state index >= 15 is 0 Å². The molecular formula is C22H23FN2O4. The molecule has 0 N–H and O–H groups in total. The van der Waals surface area contributed by atoms with E-state index in [0.29, 0.717) is 28.1 Å². The molecule has 0 amide bonds. The summed E-state index contributed by atoms with van der Waals surface area (Å²) >= 11 is 0. The quantitative estimate of drug-likeness (QED) is 0.287. The summed E-state index contributed by atoms with van der Waals surface area (Å²) in [7, 11) is 2.75. The zero-order chi connectivity index (χ0) is 21.2. The highest BCUT2D eigenvalue weighted by molar-refractivity contribution is 6.47. The number of esters is 1. The Bertz CT molecular complexity index is 934. The second-order valence-electron chi connectivity index (χ2n) is 5.93. The van der Waals surface area contributed by atoms with Crippen LogP contribution in [-0.2, 0) is 25.8 Å². The summed E-state index contributed by atoms with van der Waals surface area (Å²) in [6.07, 6.45) is 1.69. The van der Waals surface area contributed by atoms with Gasteiger partial charge in [0.15, 0.2) is 0 Å². The first-order valence-electron chi connectivity index (χ1n) is 8.88. The smallest absolute Gasteiger partial charge is 0.338 e. The van der Waals surface area contributed by atoms with Gasteiger partial charge in [0, 0.05) is 11.1 Å². The van der Waals surface area contributed by atoms with Crippen molar-refractivity contribution in [1.29, 1.82) is 0 Å². The van der Waals surface area contributed by atoms with Crippen molar-refractivity contribution in [3.63, 3.8) is 0 Å². The number of allylic oxidation sites excluding steroid dienone is 1. The first-order chi connectivity index (χ1) is 14.0. The Morgan fingerprint density at radius 2 is 1.76 bits per heavy atom. The fourth-order valence-corrected chi connectivity index (χ4v) is 2.67. The van der Waals surface area contributed by atoms with Gasteiger partial charge >= 0.3 is 5.97 Å². The highest BCUT2D eigenvalue weighted by atomic mass is 19.1. The van der Waals surface area contributed by atoms with Crippen LogP contribution in [-0.4, -0.2) is 31.6 Å². The number of oxime groups is 2. The number of nitrogens with zero attached hydrogens (tertiary/aromatic N) is 2. The highest BCUT2D eigenvalue weighted by Gasteiger charge is 2.15. The lowest BCUT2D eigenvalue weighted by Crippen LogP contribution is -2.13. The number of hydrogen-bond donors (Lipinski definition) is 0. The van der Waals surface area contributed by atoms with Crippen LogP contribution in [0.2, 0.25) is 0 Å². The summed E-state index contributed by atoms with van der Waals surface area (Å²) in [4.78, 5) is 22.4. The lowest BCUT2D eigenvalue weighted by molar-refractivity contribution is -0.133. The SMILES string of the molecule is CC=C(C(=O)OC)c1ccccc1CON=C(C)C(=NOC)c1ccc(F)cc1. The van der Waals surface area contributed by atoms with Crippen LogP contribution in [0.3, 0.4) is 0 Å². The predicted octanol–water partition coefficient (Wildman–Crippen LogP) is 4.35. The van der Waals surface area contributed by atoms with E-state index in [1.54, 1.807) is 32.1 Å². The van der Waals surface area contributed by atoms with E-state index in [2.05, 4.69) is 10.3 Å². The third kappa shape index (κ3) is 5.75. The van der Waals surface area contributed by atoms with E-state index in [0.717, 1.165) is 5.56 Å². The monoisotopic (exact) mass is 398 g/mol. The van der Waals surface area contributed by atoms with Gasteiger partial charge in [-0.15, -0.1) is 0 Å². The van der Waals surface area contributed by atoms with Crippen LogP contribution in [0.4, 0.5) is 4.39 Å². The third-order valence-corrected chi connectivity index (χ3v) is 4.07. The molecule has 0 fully saturated rings. The van der Waals surface area contributed by atoms with Gasteiger partial charge in [-0.25, -0.2) is 9.18 Å². The number of carbonyl (C=O) groups excluding carboxylic acids is 1. The minimum Gasteiger partial charge on any atom is -0.465 e. The highest BCUT2D eigenvalue weighted by Crippen LogP contribution is 2.21. The van der Waals surface area contributed by atoms with Crippen molar-refractivity contribution in [2.75, 3.05) is 14.2 Å². The number of benzene rings is 2. The molecule has 2 aromatic rings. The van der Waals surface area contributed by atoms with Crippen molar-refractivity contribution >= 4 is 23.0 Å². The van der Waals surface area contributed by atoms with Gasteiger partial charge in [0.2, 0.25) is 0 Å². The Hall–Kier alpha value is -3.48. The minimum absolute atomic E-state index is 0.130. The molecule has 0 bridgehead atoms. The maximum absolute atomic E-state index is 13.2. The Balaban J connectivity index is 2.21. The molecule has 6 nitrogen and oxygen atoms in total. The molecule has 0 aliphatic carbocycles. The minimum atomic E-state index is -0.426. The molecule has 152 valence electrons. The van der Waals surface area contributed by atoms with Crippen LogP contribution >= 0.6 is 0 Å². The average molecular weight is 398 g/mol. The van der Waals surface area contributed by atoms with Crippen LogP contribution in [0.15, 0.2) is 64.9 Å². The zero-order valence-corrected chi connectivity index (χ0v) is 16.8. The van der Waals surface area contributed by atoms with Gasteiger partial charge in [0.1, 0.15) is 31.0 Å². The number of carbonyl (C=O) groups is 1. The molecule has 0 atom stereocenters. The topological polar surface area (TPSA) is 69.5 Å². The van der Waals surface area contributed by atoms with Crippen molar-refractivity contribution in [3.8, 4) is 0 Å². The first-order valence-corrected chi connectivity index (χ1v) is 8.88. The molecule has 0 unspecified atom stereocenters. The standard InChI is InChI=1S/C22H23FN2O4/c1-5-19(22(26)27-3)20-9-7-6-8-17(20)14-29-24-15(2)21(25-28-4)16-10-12-18(23)13-11-16/h5-13H,14H2,1-4H3. The van der Waals surface area contributed by atoms with Crippen molar-refractivity contribution in [1.82, 2.24) is 0 Å². The van der Waals surface area contributed by atoms with Crippen LogP contribution in [0, 0.1) is 5.82 Å². The fraction of sp³-hybridized carbons (Fsp3) is 0.227. The lowest BCUT2D eigenvalue weighted by Gasteiger charge is -2.11. The molecule has 0 heterocycles. The van der Waals surface area contributed by atoms with E-state index in [4.69, 9.17) is 14.4 Å². The van der Waals surface area contributed by atoms with E-state index in [9.17, 15) is 9.18 Å². The average Bonchev–Trinajstić information content (AvgIpc) is 2.74. The van der Waals surface area contributed by atoms with Gasteiger partial charge in [0.05, 0.1) is 12.7 Å². The molecule has 0 saturated heterocycles. The normalized spacial score (nSPS) is 12.5. The molecule has 0 saturated carbocycles. The van der Waals surface area contributed by atoms with E-state index < -0.39 is 5.97 Å². The molecular weight excluding hydrogens is 375 g/mol. The second-order valence-corrected chi connectivity index (χ2v) is 5.93. The summed E-state index contributed by atoms with van der Waals surface area (Å²) in [5.41, 5.74) is 3.44. The number of hydrogen-bond acceptors (Lipinski definition) is 6. The Labute approximate surface area is 169 Å². The molecule has 0 aliphatic rings. The largest absolute Gasteiger partial charge is 0.465 e. The third-order valence-electron chi connectivity index (χ3n) is 4.07. The number of ether oxygens (including phenoxy) is 1. The summed E-state index contributed by atoms with van der Waals surface area (Å²) in [5.74, 6) is -0.774. The fourth-order valence-electron chi connectivity index (χ4n) is 2.67. The Morgan fingerprint density at radius 1 is 1.07 bits per heavy atom. The molecule has 0 aliphatic heterocycles. The molecule has 0 radical (unpaired) electrons. The lowest BCUT2D eigenvalue weighted by atomic mass is 10.00. The van der Waals surface area contributed by atoms with Crippen LogP contribution in [0.1, 0.15) is 30.5 Å². The number of methoxy groups -OCH3 is 1. The van der Waals surface area contributed by atoms with Gasteiger partial charge in [0.25, 0.3) is 0 Å². The van der Waals surface area contributed by atoms with Gasteiger partial charge < -0.3 is 14.4 Å². The summed E-state index contributed by atoms with van der Waals surface area (Å²) in [5, 5.41) is 8.06. The summed E-state index contributed by atoms with van der Waals surface area (Å²) < 4.78 is 18.0. The Morgan fingerprint density at radius 3 is 2.38 bits per heavy atom. The van der Waals surface area contributed by atoms with Crippen molar-refractivity contribution in [2.24, 2.45) is 10.3 Å². The van der Waals surface area contributed by atoms with E-state index in [1.807, 2.05) is 24.3 Å². The molecule has 7 heteroatoms. The predicted molar refractivity (Wildman–Crippen MR) is 110 cm³/mol. The number of rotatable bonds is 8. The Kier molecular flexibility index (Phi) is 8.09. The molecule has 0 spiro atoms. The molecule has 2 aromatic carbocycles. The molecule has 2 rings (SSSR count). The van der Waals surface area contributed by atoms with Crippen molar-refractivity contribution < 1.29 is 23.6 Å². The maximum atomic E-state index is 13.2. The van der Waals surface area contributed by atoms with Crippen molar-refractivity contribution in [2.45, 2.75) is 20.5 Å². The van der Waals surface area contributed by atoms with Gasteiger partial charge in [-0.2, -0.15) is 0 Å². The van der Waals surface area contributed by atoms with Crippen molar-refractivity contribution in [3.05, 3.63) is 77.1 Å². The zero-order valence-electron chi connectivity index (χ0n) is 16.8. The van der Waals surface area contributed by atoms with Gasteiger partial charge in [-0.1, -0.05) is 40.7 Å². The second kappa shape index (κ2) is 10.8. The first kappa shape index (κ1) is 21.8. The van der Waals surface area contributed by atoms with E-state index in [-0.39, 0.29) is 12.4 Å². The summed E-state index contributed by atoms with van der Waals surface area (Å²) in [6, 6.07) is 13.2. The van der Waals surface area contributed by atoms with Crippen LogP contribution in [0.25, 0.3) is 5.57 Å². The van der Waals surface area contributed by atoms with Crippen LogP contribution in [0.5, 0.6) is 0 Å². The number of halogens is 1. The molecule has 0 aromatic heterocycles. The van der Waals surface area contributed by atoms with E-state index in [1.165, 1.54) is 26.4 Å².